The van der Waals surface area contributed by atoms with E-state index in [2.05, 4.69) is 4.74 Å². The number of hydrogen-bond donors (Lipinski definition) is 1. The van der Waals surface area contributed by atoms with E-state index in [4.69, 9.17) is 10.5 Å². The molecule has 1 aromatic rings. The smallest absolute Gasteiger partial charge is 0.327 e. The van der Waals surface area contributed by atoms with E-state index >= 15 is 0 Å². The van der Waals surface area contributed by atoms with Gasteiger partial charge in [-0.2, -0.15) is 0 Å². The number of esters is 1. The molecule has 0 heterocycles. The number of hydrogen-bond acceptors (Lipinski definition) is 4. The van der Waals surface area contributed by atoms with Gasteiger partial charge >= 0.3 is 5.97 Å². The Morgan fingerprint density at radius 3 is 2.62 bits per heavy atom. The van der Waals surface area contributed by atoms with E-state index in [9.17, 15) is 4.79 Å². The van der Waals surface area contributed by atoms with Crippen molar-refractivity contribution in [2.75, 3.05) is 7.11 Å². The van der Waals surface area contributed by atoms with Crippen LogP contribution in [0.15, 0.2) is 24.3 Å². The summed E-state index contributed by atoms with van der Waals surface area (Å²) in [4.78, 5) is 11.3. The molecule has 0 aliphatic carbocycles. The Morgan fingerprint density at radius 1 is 1.38 bits per heavy atom. The molecule has 0 radical (unpaired) electrons. The Balaban J connectivity index is 2.85. The van der Waals surface area contributed by atoms with Crippen LogP contribution in [0.2, 0.25) is 0 Å². The number of carbonyl (C=O) groups is 1. The zero-order chi connectivity index (χ0) is 12.1. The molecule has 0 fully saturated rings. The Hall–Kier alpha value is -1.55. The lowest BCUT2D eigenvalue weighted by Crippen LogP contribution is -2.22. The second-order valence-corrected chi connectivity index (χ2v) is 3.74. The van der Waals surface area contributed by atoms with E-state index in [1.54, 1.807) is 18.2 Å². The Bertz CT molecular complexity index is 363. The van der Waals surface area contributed by atoms with Crippen molar-refractivity contribution in [2.24, 2.45) is 5.73 Å². The van der Waals surface area contributed by atoms with Crippen LogP contribution in [0.4, 0.5) is 0 Å². The van der Waals surface area contributed by atoms with E-state index < -0.39 is 12.0 Å². The van der Waals surface area contributed by atoms with Crippen molar-refractivity contribution in [3.8, 4) is 5.75 Å². The first-order valence-corrected chi connectivity index (χ1v) is 5.14. The summed E-state index contributed by atoms with van der Waals surface area (Å²) in [6.07, 6.45) is 0.0876. The predicted molar refractivity (Wildman–Crippen MR) is 61.2 cm³/mol. The van der Waals surface area contributed by atoms with E-state index in [-0.39, 0.29) is 6.10 Å². The minimum Gasteiger partial charge on any atom is -0.491 e. The fraction of sp³-hybridized carbons (Fsp3) is 0.417. The molecule has 0 saturated carbocycles. The largest absolute Gasteiger partial charge is 0.491 e. The minimum absolute atomic E-state index is 0.0876. The highest BCUT2D eigenvalue weighted by molar-refractivity contribution is 5.77. The molecule has 4 heteroatoms. The van der Waals surface area contributed by atoms with Crippen molar-refractivity contribution in [1.82, 2.24) is 0 Å². The zero-order valence-corrected chi connectivity index (χ0v) is 9.77. The van der Waals surface area contributed by atoms with Crippen LogP contribution in [0.25, 0.3) is 0 Å². The highest BCUT2D eigenvalue weighted by atomic mass is 16.5. The molecular formula is C12H17NO3. The van der Waals surface area contributed by atoms with Crippen molar-refractivity contribution >= 4 is 5.97 Å². The van der Waals surface area contributed by atoms with E-state index in [0.717, 1.165) is 0 Å². The highest BCUT2D eigenvalue weighted by Gasteiger charge is 2.16. The van der Waals surface area contributed by atoms with Gasteiger partial charge in [0.05, 0.1) is 13.2 Å². The van der Waals surface area contributed by atoms with Gasteiger partial charge in [-0.15, -0.1) is 0 Å². The molecule has 1 atom stereocenters. The molecule has 2 N–H and O–H groups in total. The van der Waals surface area contributed by atoms with Gasteiger partial charge in [0.25, 0.3) is 0 Å². The number of rotatable bonds is 4. The maximum Gasteiger partial charge on any atom is 0.327 e. The maximum absolute atomic E-state index is 11.3. The molecule has 1 unspecified atom stereocenters. The summed E-state index contributed by atoms with van der Waals surface area (Å²) in [7, 11) is 1.32. The van der Waals surface area contributed by atoms with Gasteiger partial charge in [0.15, 0.2) is 0 Å². The van der Waals surface area contributed by atoms with Crippen LogP contribution in [-0.2, 0) is 9.53 Å². The Kier molecular flexibility index (Phi) is 4.31. The van der Waals surface area contributed by atoms with Crippen LogP contribution >= 0.6 is 0 Å². The first-order valence-electron chi connectivity index (χ1n) is 5.14. The third-order valence-corrected chi connectivity index (χ3v) is 2.04. The van der Waals surface area contributed by atoms with Crippen molar-refractivity contribution in [2.45, 2.75) is 26.0 Å². The summed E-state index contributed by atoms with van der Waals surface area (Å²) in [5.74, 6) is 0.244. The SMILES string of the molecule is COC(=O)C(N)c1cccc(OC(C)C)c1. The molecule has 4 nitrogen and oxygen atoms in total. The van der Waals surface area contributed by atoms with Crippen LogP contribution in [0.5, 0.6) is 5.75 Å². The van der Waals surface area contributed by atoms with Gasteiger partial charge in [0.1, 0.15) is 11.8 Å². The molecule has 16 heavy (non-hydrogen) atoms. The first-order chi connectivity index (χ1) is 7.54. The zero-order valence-electron chi connectivity index (χ0n) is 9.77. The number of carbonyl (C=O) groups excluding carboxylic acids is 1. The van der Waals surface area contributed by atoms with Gasteiger partial charge in [-0.3, -0.25) is 4.79 Å². The third-order valence-electron chi connectivity index (χ3n) is 2.04. The first kappa shape index (κ1) is 12.5. The van der Waals surface area contributed by atoms with Crippen molar-refractivity contribution < 1.29 is 14.3 Å². The molecule has 88 valence electrons. The minimum atomic E-state index is -0.763. The van der Waals surface area contributed by atoms with E-state index in [1.165, 1.54) is 7.11 Å². The Morgan fingerprint density at radius 2 is 2.06 bits per heavy atom. The second kappa shape index (κ2) is 5.51. The van der Waals surface area contributed by atoms with Crippen molar-refractivity contribution in [1.29, 1.82) is 0 Å². The van der Waals surface area contributed by atoms with E-state index in [1.807, 2.05) is 19.9 Å². The van der Waals surface area contributed by atoms with Gasteiger partial charge in [-0.05, 0) is 31.5 Å². The average molecular weight is 223 g/mol. The molecule has 0 aromatic heterocycles. The summed E-state index contributed by atoms with van der Waals surface area (Å²) in [5, 5.41) is 0. The standard InChI is InChI=1S/C12H17NO3/c1-8(2)16-10-6-4-5-9(7-10)11(13)12(14)15-3/h4-8,11H,13H2,1-3H3. The van der Waals surface area contributed by atoms with Crippen molar-refractivity contribution in [3.63, 3.8) is 0 Å². The van der Waals surface area contributed by atoms with E-state index in [0.29, 0.717) is 11.3 Å². The molecule has 0 aliphatic heterocycles. The van der Waals surface area contributed by atoms with Crippen LogP contribution in [0.1, 0.15) is 25.5 Å². The van der Waals surface area contributed by atoms with Gasteiger partial charge in [-0.25, -0.2) is 0 Å². The fourth-order valence-corrected chi connectivity index (χ4v) is 1.32. The van der Waals surface area contributed by atoms with Crippen LogP contribution < -0.4 is 10.5 Å². The lowest BCUT2D eigenvalue weighted by Gasteiger charge is -2.13. The predicted octanol–water partition coefficient (Wildman–Crippen LogP) is 1.65. The molecule has 0 amide bonds. The Labute approximate surface area is 95.3 Å². The van der Waals surface area contributed by atoms with Gasteiger partial charge < -0.3 is 15.2 Å². The molecule has 1 rings (SSSR count). The average Bonchev–Trinajstić information content (AvgIpc) is 2.26. The monoisotopic (exact) mass is 223 g/mol. The quantitative estimate of drug-likeness (QED) is 0.788. The maximum atomic E-state index is 11.3. The van der Waals surface area contributed by atoms with Crippen LogP contribution in [0.3, 0.4) is 0 Å². The number of benzene rings is 1. The number of methoxy groups -OCH3 is 1. The van der Waals surface area contributed by atoms with Gasteiger partial charge in [-0.1, -0.05) is 12.1 Å². The summed E-state index contributed by atoms with van der Waals surface area (Å²) in [6.45, 7) is 3.87. The second-order valence-electron chi connectivity index (χ2n) is 3.74. The molecule has 0 saturated heterocycles. The van der Waals surface area contributed by atoms with Gasteiger partial charge in [0, 0.05) is 0 Å². The molecule has 0 bridgehead atoms. The van der Waals surface area contributed by atoms with Crippen LogP contribution in [0, 0.1) is 0 Å². The molecular weight excluding hydrogens is 206 g/mol. The topological polar surface area (TPSA) is 61.5 Å². The number of nitrogens with two attached hydrogens (primary N) is 1. The third kappa shape index (κ3) is 3.24. The fourth-order valence-electron chi connectivity index (χ4n) is 1.32. The molecule has 1 aromatic carbocycles. The summed E-state index contributed by atoms with van der Waals surface area (Å²) in [6, 6.07) is 6.39. The highest BCUT2D eigenvalue weighted by Crippen LogP contribution is 2.19. The van der Waals surface area contributed by atoms with Crippen molar-refractivity contribution in [3.05, 3.63) is 29.8 Å². The summed E-state index contributed by atoms with van der Waals surface area (Å²) < 4.78 is 10.1. The normalized spacial score (nSPS) is 12.3. The molecule has 0 spiro atoms. The summed E-state index contributed by atoms with van der Waals surface area (Å²) in [5.41, 5.74) is 6.40. The number of ether oxygens (including phenoxy) is 2. The summed E-state index contributed by atoms with van der Waals surface area (Å²) >= 11 is 0. The lowest BCUT2D eigenvalue weighted by molar-refractivity contribution is -0.142. The van der Waals surface area contributed by atoms with Gasteiger partial charge in [0.2, 0.25) is 0 Å². The molecule has 0 aliphatic rings. The van der Waals surface area contributed by atoms with Crippen LogP contribution in [-0.4, -0.2) is 19.2 Å². The lowest BCUT2D eigenvalue weighted by atomic mass is 10.1.